The number of benzene rings is 1. The van der Waals surface area contributed by atoms with Gasteiger partial charge in [0.15, 0.2) is 5.43 Å². The van der Waals surface area contributed by atoms with Crippen LogP contribution in [-0.4, -0.2) is 15.0 Å². The average Bonchev–Trinajstić information content (AvgIpc) is 2.34. The number of fused-ring (bicyclic) bond motifs is 1. The van der Waals surface area contributed by atoms with Crippen LogP contribution in [0, 0.1) is 0 Å². The van der Waals surface area contributed by atoms with Gasteiger partial charge in [0.1, 0.15) is 0 Å². The van der Waals surface area contributed by atoms with E-state index in [2.05, 4.69) is 6.92 Å². The predicted molar refractivity (Wildman–Crippen MR) is 76.3 cm³/mol. The smallest absolute Gasteiger partial charge is 0.193 e. The van der Waals surface area contributed by atoms with Crippen LogP contribution in [0.15, 0.2) is 29.2 Å². The van der Waals surface area contributed by atoms with Gasteiger partial charge in [0, 0.05) is 41.2 Å². The summed E-state index contributed by atoms with van der Waals surface area (Å²) >= 11 is 0. The Kier molecular flexibility index (Phi) is 3.66. The van der Waals surface area contributed by atoms with Crippen molar-refractivity contribution in [2.75, 3.05) is 6.26 Å². The molecule has 1 aromatic carbocycles. The molecule has 0 fully saturated rings. The van der Waals surface area contributed by atoms with Crippen molar-refractivity contribution in [3.05, 3.63) is 45.7 Å². The summed E-state index contributed by atoms with van der Waals surface area (Å²) in [7, 11) is 0.923. The maximum atomic E-state index is 12.3. The monoisotopic (exact) mass is 263 g/mol. The van der Waals surface area contributed by atoms with Crippen molar-refractivity contribution >= 4 is 21.7 Å². The van der Waals surface area contributed by atoms with Crippen molar-refractivity contribution in [2.45, 2.75) is 19.1 Å². The number of rotatable bonds is 3. The third-order valence-corrected chi connectivity index (χ3v) is 3.81. The molecule has 2 rings (SSSR count). The Morgan fingerprint density at radius 3 is 2.67 bits per heavy atom. The first kappa shape index (κ1) is 13.0. The van der Waals surface area contributed by atoms with Gasteiger partial charge >= 0.3 is 0 Å². The summed E-state index contributed by atoms with van der Waals surface area (Å²) in [5, 5.41) is 0.706. The lowest BCUT2D eigenvalue weighted by Crippen LogP contribution is -2.15. The van der Waals surface area contributed by atoms with Crippen molar-refractivity contribution in [2.24, 2.45) is 7.05 Å². The molecule has 0 aliphatic heterocycles. The number of nitrogens with zero attached hydrogens (tertiary/aromatic N) is 1. The van der Waals surface area contributed by atoms with E-state index in [1.165, 1.54) is 5.56 Å². The van der Waals surface area contributed by atoms with E-state index >= 15 is 0 Å². The van der Waals surface area contributed by atoms with E-state index in [1.807, 2.05) is 29.8 Å². The molecule has 0 bridgehead atoms. The molecule has 0 aliphatic carbocycles. The molecule has 1 unspecified atom stereocenters. The first-order valence-electron chi connectivity index (χ1n) is 5.94. The second-order valence-corrected chi connectivity index (χ2v) is 5.95. The number of aryl methyl sites for hydroxylation is 2. The fraction of sp³-hybridized carbons (Fsp3) is 0.357. The molecule has 4 heteroatoms. The van der Waals surface area contributed by atoms with Crippen LogP contribution in [0.5, 0.6) is 0 Å². The minimum absolute atomic E-state index is 0.000882. The van der Waals surface area contributed by atoms with Gasteiger partial charge in [0.25, 0.3) is 0 Å². The topological polar surface area (TPSA) is 39.1 Å². The van der Waals surface area contributed by atoms with Crippen molar-refractivity contribution in [1.82, 2.24) is 4.57 Å². The highest BCUT2D eigenvalue weighted by atomic mass is 32.2. The van der Waals surface area contributed by atoms with E-state index < -0.39 is 10.8 Å². The van der Waals surface area contributed by atoms with Gasteiger partial charge in [0.2, 0.25) is 0 Å². The van der Waals surface area contributed by atoms with E-state index in [9.17, 15) is 9.00 Å². The van der Waals surface area contributed by atoms with E-state index in [0.717, 1.165) is 11.9 Å². The summed E-state index contributed by atoms with van der Waals surface area (Å²) in [6, 6.07) is 5.90. The van der Waals surface area contributed by atoms with Crippen LogP contribution in [0.4, 0.5) is 0 Å². The second-order valence-electron chi connectivity index (χ2n) is 4.52. The molecule has 1 atom stereocenters. The van der Waals surface area contributed by atoms with Crippen molar-refractivity contribution in [3.63, 3.8) is 0 Å². The minimum atomic E-state index is -0.997. The molecule has 0 spiro atoms. The van der Waals surface area contributed by atoms with Crippen LogP contribution in [0.3, 0.4) is 0 Å². The Hall–Kier alpha value is -1.42. The Labute approximate surface area is 109 Å². The van der Waals surface area contributed by atoms with Crippen LogP contribution in [0.2, 0.25) is 0 Å². The molecule has 0 aliphatic rings. The van der Waals surface area contributed by atoms with E-state index in [0.29, 0.717) is 16.7 Å². The number of hydrogen-bond acceptors (Lipinski definition) is 2. The van der Waals surface area contributed by atoms with Gasteiger partial charge in [-0.1, -0.05) is 13.0 Å². The summed E-state index contributed by atoms with van der Waals surface area (Å²) in [6.07, 6.45) is 4.36. The van der Waals surface area contributed by atoms with Crippen LogP contribution in [0.25, 0.3) is 10.9 Å². The van der Waals surface area contributed by atoms with Gasteiger partial charge < -0.3 is 4.57 Å². The molecule has 0 radical (unpaired) electrons. The van der Waals surface area contributed by atoms with E-state index in [1.54, 1.807) is 12.5 Å². The SMILES string of the molecule is CCc1ccc2c(=O)c(CS(C)=O)cn(C)c2c1. The third-order valence-electron chi connectivity index (χ3n) is 3.09. The fourth-order valence-electron chi connectivity index (χ4n) is 2.14. The van der Waals surface area contributed by atoms with Gasteiger partial charge in [-0.3, -0.25) is 9.00 Å². The second kappa shape index (κ2) is 5.06. The lowest BCUT2D eigenvalue weighted by Gasteiger charge is -2.09. The summed E-state index contributed by atoms with van der Waals surface area (Å²) in [5.74, 6) is 0.318. The molecular formula is C14H17NO2S. The highest BCUT2D eigenvalue weighted by molar-refractivity contribution is 7.83. The van der Waals surface area contributed by atoms with Crippen LogP contribution in [-0.2, 0) is 30.0 Å². The largest absolute Gasteiger partial charge is 0.350 e. The molecular weight excluding hydrogens is 246 g/mol. The highest BCUT2D eigenvalue weighted by Crippen LogP contribution is 2.14. The first-order valence-corrected chi connectivity index (χ1v) is 7.66. The van der Waals surface area contributed by atoms with Gasteiger partial charge in [-0.05, 0) is 24.1 Å². The van der Waals surface area contributed by atoms with Crippen LogP contribution < -0.4 is 5.43 Å². The molecule has 1 aromatic heterocycles. The normalized spacial score (nSPS) is 12.8. The van der Waals surface area contributed by atoms with Crippen LogP contribution in [0.1, 0.15) is 18.1 Å². The fourth-order valence-corrected chi connectivity index (χ4v) is 2.78. The van der Waals surface area contributed by atoms with E-state index in [4.69, 9.17) is 0 Å². The summed E-state index contributed by atoms with van der Waals surface area (Å²) < 4.78 is 13.2. The molecule has 2 aromatic rings. The molecule has 96 valence electrons. The molecule has 1 heterocycles. The number of pyridine rings is 1. The first-order chi connectivity index (χ1) is 8.52. The minimum Gasteiger partial charge on any atom is -0.350 e. The summed E-state index contributed by atoms with van der Waals surface area (Å²) in [5.41, 5.74) is 2.77. The Bertz CT molecular complexity index is 673. The summed E-state index contributed by atoms with van der Waals surface area (Å²) in [6.45, 7) is 2.09. The molecule has 3 nitrogen and oxygen atoms in total. The Morgan fingerprint density at radius 2 is 2.06 bits per heavy atom. The van der Waals surface area contributed by atoms with E-state index in [-0.39, 0.29) is 5.43 Å². The number of aromatic nitrogens is 1. The maximum absolute atomic E-state index is 12.3. The lowest BCUT2D eigenvalue weighted by molar-refractivity contribution is 0.686. The zero-order valence-electron chi connectivity index (χ0n) is 10.9. The van der Waals surface area contributed by atoms with Crippen molar-refractivity contribution in [1.29, 1.82) is 0 Å². The number of hydrogen-bond donors (Lipinski definition) is 0. The van der Waals surface area contributed by atoms with Crippen molar-refractivity contribution in [3.8, 4) is 0 Å². The zero-order valence-corrected chi connectivity index (χ0v) is 11.7. The highest BCUT2D eigenvalue weighted by Gasteiger charge is 2.09. The standard InChI is InChI=1S/C14H17NO2S/c1-4-10-5-6-12-13(7-10)15(2)8-11(14(12)16)9-18(3)17/h5-8H,4,9H2,1-3H3. The molecule has 0 amide bonds. The van der Waals surface area contributed by atoms with Gasteiger partial charge in [-0.15, -0.1) is 0 Å². The molecule has 0 N–H and O–H groups in total. The Balaban J connectivity index is 2.72. The van der Waals surface area contributed by atoms with Gasteiger partial charge in [0.05, 0.1) is 11.3 Å². The average molecular weight is 263 g/mol. The van der Waals surface area contributed by atoms with Crippen LogP contribution >= 0.6 is 0 Å². The quantitative estimate of drug-likeness (QED) is 0.849. The third kappa shape index (κ3) is 2.38. The molecule has 0 saturated carbocycles. The van der Waals surface area contributed by atoms with Gasteiger partial charge in [-0.25, -0.2) is 0 Å². The maximum Gasteiger partial charge on any atom is 0.193 e. The lowest BCUT2D eigenvalue weighted by atomic mass is 10.1. The molecule has 18 heavy (non-hydrogen) atoms. The zero-order chi connectivity index (χ0) is 13.3. The van der Waals surface area contributed by atoms with Crippen molar-refractivity contribution < 1.29 is 4.21 Å². The van der Waals surface area contributed by atoms with Gasteiger partial charge in [-0.2, -0.15) is 0 Å². The Morgan fingerprint density at radius 1 is 1.33 bits per heavy atom. The summed E-state index contributed by atoms with van der Waals surface area (Å²) in [4.78, 5) is 12.3. The molecule has 0 saturated heterocycles. The predicted octanol–water partition coefficient (Wildman–Crippen LogP) is 1.98.